The highest BCUT2D eigenvalue weighted by atomic mass is 16.5. The van der Waals surface area contributed by atoms with Gasteiger partial charge in [0.2, 0.25) is 0 Å². The fourth-order valence-corrected chi connectivity index (χ4v) is 2.43. The largest absolute Gasteiger partial charge is 0.507 e. The molecule has 0 aromatic heterocycles. The molecule has 0 spiro atoms. The highest BCUT2D eigenvalue weighted by Gasteiger charge is 2.25. The number of phenols is 1. The number of nitrogens with zero attached hydrogens (tertiary/aromatic N) is 1. The van der Waals surface area contributed by atoms with Crippen LogP contribution in [-0.4, -0.2) is 48.2 Å². The highest BCUT2D eigenvalue weighted by molar-refractivity contribution is 5.97. The molecule has 0 radical (unpaired) electrons. The minimum Gasteiger partial charge on any atom is -0.507 e. The smallest absolute Gasteiger partial charge is 0.409 e. The van der Waals surface area contributed by atoms with E-state index >= 15 is 0 Å². The predicted octanol–water partition coefficient (Wildman–Crippen LogP) is 1.66. The monoisotopic (exact) mass is 292 g/mol. The van der Waals surface area contributed by atoms with Crippen LogP contribution in [-0.2, 0) is 4.74 Å². The minimum atomic E-state index is -0.337. The van der Waals surface area contributed by atoms with Crippen molar-refractivity contribution in [1.29, 1.82) is 0 Å². The third-order valence-corrected chi connectivity index (χ3v) is 3.66. The normalized spacial score (nSPS) is 15.6. The summed E-state index contributed by atoms with van der Waals surface area (Å²) in [6.45, 7) is 2.97. The van der Waals surface area contributed by atoms with Crippen molar-refractivity contribution in [2.75, 3.05) is 20.2 Å². The van der Waals surface area contributed by atoms with Crippen LogP contribution in [0.4, 0.5) is 4.79 Å². The fraction of sp³-hybridized carbons (Fsp3) is 0.467. The van der Waals surface area contributed by atoms with E-state index in [1.54, 1.807) is 17.0 Å². The lowest BCUT2D eigenvalue weighted by Crippen LogP contribution is -2.46. The molecule has 1 heterocycles. The second-order valence-electron chi connectivity index (χ2n) is 5.23. The number of hydrogen-bond acceptors (Lipinski definition) is 4. The second-order valence-corrected chi connectivity index (χ2v) is 5.23. The van der Waals surface area contributed by atoms with Gasteiger partial charge in [-0.05, 0) is 31.9 Å². The lowest BCUT2D eigenvalue weighted by molar-refractivity contribution is 0.0890. The molecular weight excluding hydrogens is 272 g/mol. The molecule has 21 heavy (non-hydrogen) atoms. The van der Waals surface area contributed by atoms with Crippen molar-refractivity contribution in [2.45, 2.75) is 25.8 Å². The predicted molar refractivity (Wildman–Crippen MR) is 77.3 cm³/mol. The number of rotatable bonds is 2. The number of hydrogen-bond donors (Lipinski definition) is 2. The van der Waals surface area contributed by atoms with E-state index in [4.69, 9.17) is 0 Å². The van der Waals surface area contributed by atoms with Crippen LogP contribution < -0.4 is 5.32 Å². The number of piperidine rings is 1. The fourth-order valence-electron chi connectivity index (χ4n) is 2.43. The topological polar surface area (TPSA) is 78.9 Å². The zero-order valence-corrected chi connectivity index (χ0v) is 12.3. The van der Waals surface area contributed by atoms with Crippen molar-refractivity contribution in [3.05, 3.63) is 29.3 Å². The quantitative estimate of drug-likeness (QED) is 0.869. The Labute approximate surface area is 123 Å². The number of carbonyl (C=O) groups excluding carboxylic acids is 2. The number of aromatic hydroxyl groups is 1. The lowest BCUT2D eigenvalue weighted by Gasteiger charge is -2.31. The second kappa shape index (κ2) is 6.47. The molecule has 2 rings (SSSR count). The zero-order chi connectivity index (χ0) is 15.4. The van der Waals surface area contributed by atoms with Gasteiger partial charge in [0.15, 0.2) is 0 Å². The van der Waals surface area contributed by atoms with E-state index in [-0.39, 0.29) is 29.4 Å². The summed E-state index contributed by atoms with van der Waals surface area (Å²) < 4.78 is 4.67. The lowest BCUT2D eigenvalue weighted by atomic mass is 10.0. The van der Waals surface area contributed by atoms with Crippen molar-refractivity contribution in [3.63, 3.8) is 0 Å². The van der Waals surface area contributed by atoms with Crippen molar-refractivity contribution in [2.24, 2.45) is 0 Å². The zero-order valence-electron chi connectivity index (χ0n) is 12.3. The van der Waals surface area contributed by atoms with E-state index in [0.717, 1.165) is 5.56 Å². The summed E-state index contributed by atoms with van der Waals surface area (Å²) in [5, 5.41) is 12.7. The van der Waals surface area contributed by atoms with Gasteiger partial charge in [0.25, 0.3) is 5.91 Å². The number of aryl methyl sites for hydroxylation is 1. The Morgan fingerprint density at radius 3 is 2.62 bits per heavy atom. The van der Waals surface area contributed by atoms with Crippen LogP contribution in [0.5, 0.6) is 5.75 Å². The summed E-state index contributed by atoms with van der Waals surface area (Å²) in [6.07, 6.45) is 1.01. The van der Waals surface area contributed by atoms with Gasteiger partial charge in [0.05, 0.1) is 12.7 Å². The molecule has 0 atom stereocenters. The Morgan fingerprint density at radius 1 is 1.33 bits per heavy atom. The van der Waals surface area contributed by atoms with Gasteiger partial charge in [-0.25, -0.2) is 4.79 Å². The molecule has 114 valence electrons. The Kier molecular flexibility index (Phi) is 4.67. The van der Waals surface area contributed by atoms with Crippen LogP contribution in [0.15, 0.2) is 18.2 Å². The van der Waals surface area contributed by atoms with Crippen LogP contribution in [0, 0.1) is 6.92 Å². The number of phenolic OH excluding ortho intramolecular Hbond substituents is 1. The van der Waals surface area contributed by atoms with Crippen LogP contribution in [0.3, 0.4) is 0 Å². The van der Waals surface area contributed by atoms with E-state index in [1.807, 2.05) is 6.92 Å². The van der Waals surface area contributed by atoms with Gasteiger partial charge >= 0.3 is 6.09 Å². The molecule has 0 bridgehead atoms. The Morgan fingerprint density at radius 2 is 2.00 bits per heavy atom. The molecular formula is C15H20N2O4. The molecule has 0 aliphatic carbocycles. The van der Waals surface area contributed by atoms with Gasteiger partial charge in [0.1, 0.15) is 5.75 Å². The Balaban J connectivity index is 1.93. The van der Waals surface area contributed by atoms with E-state index in [9.17, 15) is 14.7 Å². The first-order chi connectivity index (χ1) is 10.0. The van der Waals surface area contributed by atoms with Gasteiger partial charge in [-0.1, -0.05) is 11.6 Å². The van der Waals surface area contributed by atoms with Crippen LogP contribution >= 0.6 is 0 Å². The van der Waals surface area contributed by atoms with Gasteiger partial charge in [-0.3, -0.25) is 4.79 Å². The average Bonchev–Trinajstić information content (AvgIpc) is 2.49. The summed E-state index contributed by atoms with van der Waals surface area (Å²) in [6, 6.07) is 4.93. The van der Waals surface area contributed by atoms with Gasteiger partial charge in [-0.2, -0.15) is 0 Å². The number of amides is 2. The van der Waals surface area contributed by atoms with E-state index < -0.39 is 0 Å². The summed E-state index contributed by atoms with van der Waals surface area (Å²) in [5.74, 6) is -0.308. The number of methoxy groups -OCH3 is 1. The van der Waals surface area contributed by atoms with Gasteiger partial charge in [-0.15, -0.1) is 0 Å². The minimum absolute atomic E-state index is 0.00156. The number of ether oxygens (including phenoxy) is 1. The maximum atomic E-state index is 12.2. The Hall–Kier alpha value is -2.24. The van der Waals surface area contributed by atoms with E-state index in [1.165, 1.54) is 13.2 Å². The number of likely N-dealkylation sites (tertiary alicyclic amines) is 1. The van der Waals surface area contributed by atoms with Crippen molar-refractivity contribution >= 4 is 12.0 Å². The summed E-state index contributed by atoms with van der Waals surface area (Å²) in [4.78, 5) is 25.2. The van der Waals surface area contributed by atoms with Crippen molar-refractivity contribution in [1.82, 2.24) is 10.2 Å². The highest BCUT2D eigenvalue weighted by Crippen LogP contribution is 2.19. The maximum absolute atomic E-state index is 12.2. The van der Waals surface area contributed by atoms with Crippen molar-refractivity contribution < 1.29 is 19.4 Å². The number of nitrogens with one attached hydrogen (secondary N) is 1. The molecule has 0 unspecified atom stereocenters. The van der Waals surface area contributed by atoms with E-state index in [0.29, 0.717) is 25.9 Å². The van der Waals surface area contributed by atoms with Crippen molar-refractivity contribution in [3.8, 4) is 5.75 Å². The molecule has 1 saturated heterocycles. The third-order valence-electron chi connectivity index (χ3n) is 3.66. The first-order valence-electron chi connectivity index (χ1n) is 6.94. The molecule has 1 aromatic rings. The molecule has 6 nitrogen and oxygen atoms in total. The molecule has 1 aliphatic heterocycles. The van der Waals surface area contributed by atoms with Gasteiger partial charge < -0.3 is 20.1 Å². The first-order valence-corrected chi connectivity index (χ1v) is 6.94. The molecule has 0 saturated carbocycles. The van der Waals surface area contributed by atoms with Crippen LogP contribution in [0.2, 0.25) is 0 Å². The third kappa shape index (κ3) is 3.65. The summed E-state index contributed by atoms with van der Waals surface area (Å²) in [5.41, 5.74) is 1.20. The summed E-state index contributed by atoms with van der Waals surface area (Å²) in [7, 11) is 1.36. The molecule has 1 aliphatic rings. The standard InChI is InChI=1S/C15H20N2O4/c1-10-3-4-13(18)12(9-10)14(19)16-11-5-7-17(8-6-11)15(20)21-2/h3-4,9,11,18H,5-8H2,1-2H3,(H,16,19). The molecule has 1 aromatic carbocycles. The van der Waals surface area contributed by atoms with Crippen LogP contribution in [0.25, 0.3) is 0 Å². The number of benzene rings is 1. The van der Waals surface area contributed by atoms with E-state index in [2.05, 4.69) is 10.1 Å². The molecule has 6 heteroatoms. The van der Waals surface area contributed by atoms with Gasteiger partial charge in [0, 0.05) is 19.1 Å². The average molecular weight is 292 g/mol. The summed E-state index contributed by atoms with van der Waals surface area (Å²) >= 11 is 0. The van der Waals surface area contributed by atoms with Crippen LogP contribution in [0.1, 0.15) is 28.8 Å². The first kappa shape index (κ1) is 15.2. The molecule has 1 fully saturated rings. The molecule has 2 amide bonds. The SMILES string of the molecule is COC(=O)N1CCC(NC(=O)c2cc(C)ccc2O)CC1. The Bertz CT molecular complexity index is 536. The maximum Gasteiger partial charge on any atom is 0.409 e. The number of carbonyl (C=O) groups is 2. The molecule has 2 N–H and O–H groups in total.